The van der Waals surface area contributed by atoms with E-state index in [1.165, 1.54) is 7.11 Å². The first-order valence-corrected chi connectivity index (χ1v) is 15.6. The summed E-state index contributed by atoms with van der Waals surface area (Å²) in [6, 6.07) is -1.67. The van der Waals surface area contributed by atoms with Crippen LogP contribution >= 0.6 is 11.8 Å². The molecule has 0 saturated heterocycles. The van der Waals surface area contributed by atoms with E-state index in [-0.39, 0.29) is 35.6 Å². The Hall–Kier alpha value is -1.97. The van der Waals surface area contributed by atoms with Gasteiger partial charge in [-0.05, 0) is 82.6 Å². The molecule has 10 heteroatoms. The minimum Gasteiger partial charge on any atom is -0.467 e. The number of hydrogen-bond acceptors (Lipinski definition) is 7. The molecule has 0 aliphatic carbocycles. The number of rotatable bonds is 17. The van der Waals surface area contributed by atoms with Crippen molar-refractivity contribution in [1.82, 2.24) is 16.0 Å². The average Bonchev–Trinajstić information content (AvgIpc) is 2.78. The molecule has 0 spiro atoms. The molecule has 0 aromatic heterocycles. The van der Waals surface area contributed by atoms with Crippen LogP contribution in [0, 0.1) is 23.7 Å². The smallest absolute Gasteiger partial charge is 0.407 e. The van der Waals surface area contributed by atoms with Crippen LogP contribution in [0.5, 0.6) is 0 Å². The Morgan fingerprint density at radius 3 is 1.79 bits per heavy atom. The maximum atomic E-state index is 13.5. The molecule has 3 N–H and O–H groups in total. The second-order valence-electron chi connectivity index (χ2n) is 12.5. The van der Waals surface area contributed by atoms with Gasteiger partial charge in [0.15, 0.2) is 0 Å². The summed E-state index contributed by atoms with van der Waals surface area (Å²) in [5, 5.41) is 8.73. The molecule has 0 aliphatic rings. The second-order valence-corrected chi connectivity index (χ2v) is 13.4. The summed E-state index contributed by atoms with van der Waals surface area (Å²) in [5.74, 6) is -0.215. The van der Waals surface area contributed by atoms with Crippen LogP contribution in [-0.4, -0.2) is 66.7 Å². The topological polar surface area (TPSA) is 123 Å². The molecular weight excluding hydrogens is 518 g/mol. The summed E-state index contributed by atoms with van der Waals surface area (Å²) in [6.45, 7) is 17.5. The van der Waals surface area contributed by atoms with Crippen LogP contribution in [0.4, 0.5) is 4.79 Å². The van der Waals surface area contributed by atoms with Gasteiger partial charge in [0, 0.05) is 12.0 Å². The molecular formula is C29H55N3O6S. The fraction of sp³-hybridized carbons (Fsp3) is 0.862. The van der Waals surface area contributed by atoms with E-state index in [9.17, 15) is 19.2 Å². The Labute approximate surface area is 241 Å². The molecule has 0 heterocycles. The zero-order chi connectivity index (χ0) is 30.3. The normalized spacial score (nSPS) is 14.9. The van der Waals surface area contributed by atoms with Gasteiger partial charge in [-0.1, -0.05) is 41.5 Å². The van der Waals surface area contributed by atoms with Gasteiger partial charge >= 0.3 is 12.1 Å². The number of ether oxygens (including phenoxy) is 2. The van der Waals surface area contributed by atoms with Crippen molar-refractivity contribution in [2.24, 2.45) is 23.7 Å². The fourth-order valence-corrected chi connectivity index (χ4v) is 4.79. The summed E-state index contributed by atoms with van der Waals surface area (Å²) in [4.78, 5) is 51.3. The first kappa shape index (κ1) is 37.0. The third-order valence-electron chi connectivity index (χ3n) is 6.20. The lowest BCUT2D eigenvalue weighted by molar-refractivity contribution is -0.146. The van der Waals surface area contributed by atoms with E-state index < -0.39 is 29.7 Å². The molecule has 0 fully saturated rings. The Morgan fingerprint density at radius 2 is 1.33 bits per heavy atom. The number of carbonyl (C=O) groups excluding carboxylic acids is 4. The molecule has 228 valence electrons. The molecule has 39 heavy (non-hydrogen) atoms. The number of nitrogens with one attached hydrogen (secondary N) is 3. The van der Waals surface area contributed by atoms with Gasteiger partial charge < -0.3 is 25.4 Å². The van der Waals surface area contributed by atoms with Crippen LogP contribution in [0.25, 0.3) is 0 Å². The van der Waals surface area contributed by atoms with Crippen LogP contribution < -0.4 is 16.0 Å². The minimum atomic E-state index is -0.771. The van der Waals surface area contributed by atoms with Gasteiger partial charge in [-0.3, -0.25) is 9.59 Å². The molecule has 0 aromatic carbocycles. The Balaban J connectivity index is 5.55. The monoisotopic (exact) mass is 573 g/mol. The minimum absolute atomic E-state index is 0.0271. The molecule has 9 nitrogen and oxygen atoms in total. The lowest BCUT2D eigenvalue weighted by Crippen LogP contribution is -2.53. The van der Waals surface area contributed by atoms with Crippen LogP contribution in [0.1, 0.15) is 94.4 Å². The van der Waals surface area contributed by atoms with E-state index in [4.69, 9.17) is 9.47 Å². The molecule has 0 bridgehead atoms. The van der Waals surface area contributed by atoms with E-state index in [1.807, 2.05) is 54.7 Å². The molecule has 3 amide bonds. The number of alkyl carbamates (subject to hydrolysis) is 1. The average molecular weight is 574 g/mol. The first-order chi connectivity index (χ1) is 18.0. The number of carbonyl (C=O) groups is 4. The number of methoxy groups -OCH3 is 1. The van der Waals surface area contributed by atoms with Gasteiger partial charge in [0.2, 0.25) is 11.8 Å². The van der Waals surface area contributed by atoms with Gasteiger partial charge in [0.05, 0.1) is 7.11 Å². The number of amides is 3. The van der Waals surface area contributed by atoms with Crippen LogP contribution in [0.3, 0.4) is 0 Å². The van der Waals surface area contributed by atoms with Gasteiger partial charge in [-0.2, -0.15) is 11.8 Å². The predicted molar refractivity (Wildman–Crippen MR) is 159 cm³/mol. The van der Waals surface area contributed by atoms with E-state index in [0.29, 0.717) is 37.4 Å². The molecule has 0 aromatic rings. The third-order valence-corrected chi connectivity index (χ3v) is 6.84. The highest BCUT2D eigenvalue weighted by Gasteiger charge is 2.31. The maximum absolute atomic E-state index is 13.5. The quantitative estimate of drug-likeness (QED) is 0.211. The maximum Gasteiger partial charge on any atom is 0.407 e. The predicted octanol–water partition coefficient (Wildman–Crippen LogP) is 4.92. The fourth-order valence-electron chi connectivity index (χ4n) is 4.32. The molecule has 0 unspecified atom stereocenters. The van der Waals surface area contributed by atoms with Crippen molar-refractivity contribution in [3.05, 3.63) is 0 Å². The van der Waals surface area contributed by atoms with Crippen LogP contribution in [-0.2, 0) is 23.9 Å². The standard InChI is InChI=1S/C29H55N3O6S/c1-18(2)16-21(30-28(36)38-29(7,8)9)12-13-22(20(5)6)25(33)31-23(14-15-39-11)26(34)32-24(17-19(3)4)27(35)37-10/h18-24H,12-17H2,1-11H3,(H,30,36)(H,31,33)(H,32,34)/t21-,22+,23+,24+/m1/s1. The largest absolute Gasteiger partial charge is 0.467 e. The van der Waals surface area contributed by atoms with Crippen molar-refractivity contribution in [3.63, 3.8) is 0 Å². The highest BCUT2D eigenvalue weighted by atomic mass is 32.2. The van der Waals surface area contributed by atoms with Crippen molar-refractivity contribution in [2.45, 2.75) is 118 Å². The van der Waals surface area contributed by atoms with E-state index in [0.717, 1.165) is 6.42 Å². The van der Waals surface area contributed by atoms with Gasteiger partial charge in [-0.25, -0.2) is 9.59 Å². The summed E-state index contributed by atoms with van der Waals surface area (Å²) < 4.78 is 10.3. The zero-order valence-corrected chi connectivity index (χ0v) is 27.0. The number of esters is 1. The lowest BCUT2D eigenvalue weighted by Gasteiger charge is -2.28. The summed E-state index contributed by atoms with van der Waals surface area (Å²) >= 11 is 1.58. The van der Waals surface area contributed by atoms with E-state index >= 15 is 0 Å². The molecule has 0 rings (SSSR count). The Kier molecular flexibility index (Phi) is 17.5. The van der Waals surface area contributed by atoms with Gasteiger partial charge in [0.25, 0.3) is 0 Å². The van der Waals surface area contributed by atoms with Crippen molar-refractivity contribution in [3.8, 4) is 0 Å². The van der Waals surface area contributed by atoms with Crippen molar-refractivity contribution >= 4 is 35.6 Å². The highest BCUT2D eigenvalue weighted by Crippen LogP contribution is 2.22. The SMILES string of the molecule is COC(=O)[C@H](CC(C)C)NC(=O)[C@H](CCSC)NC(=O)[C@@H](CC[C@H](CC(C)C)NC(=O)OC(C)(C)C)C(C)C. The summed E-state index contributed by atoms with van der Waals surface area (Å²) in [6.07, 6.45) is 4.27. The Bertz CT molecular complexity index is 767. The Morgan fingerprint density at radius 1 is 0.769 bits per heavy atom. The van der Waals surface area contributed by atoms with Gasteiger partial charge in [0.1, 0.15) is 17.7 Å². The van der Waals surface area contributed by atoms with Crippen molar-refractivity contribution in [2.75, 3.05) is 19.1 Å². The third kappa shape index (κ3) is 16.7. The summed E-state index contributed by atoms with van der Waals surface area (Å²) in [7, 11) is 1.30. The summed E-state index contributed by atoms with van der Waals surface area (Å²) in [5.41, 5.74) is -0.596. The molecule has 0 aliphatic heterocycles. The van der Waals surface area contributed by atoms with Crippen LogP contribution in [0.2, 0.25) is 0 Å². The van der Waals surface area contributed by atoms with Crippen molar-refractivity contribution in [1.29, 1.82) is 0 Å². The number of thioether (sulfide) groups is 1. The second kappa shape index (κ2) is 18.4. The zero-order valence-electron chi connectivity index (χ0n) is 26.1. The molecule has 0 saturated carbocycles. The molecule has 4 atom stereocenters. The number of hydrogen-bond donors (Lipinski definition) is 3. The van der Waals surface area contributed by atoms with Gasteiger partial charge in [-0.15, -0.1) is 0 Å². The van der Waals surface area contributed by atoms with E-state index in [1.54, 1.807) is 11.8 Å². The van der Waals surface area contributed by atoms with E-state index in [2.05, 4.69) is 29.8 Å². The first-order valence-electron chi connectivity index (χ1n) is 14.2. The highest BCUT2D eigenvalue weighted by molar-refractivity contribution is 7.98. The van der Waals surface area contributed by atoms with Crippen LogP contribution in [0.15, 0.2) is 0 Å². The molecule has 0 radical (unpaired) electrons. The van der Waals surface area contributed by atoms with Crippen molar-refractivity contribution < 1.29 is 28.7 Å². The lowest BCUT2D eigenvalue weighted by atomic mass is 9.87.